The molecule has 0 unspecified atom stereocenters. The third-order valence-electron chi connectivity index (χ3n) is 3.82. The van der Waals surface area contributed by atoms with E-state index in [0.717, 1.165) is 22.2 Å². The highest BCUT2D eigenvalue weighted by Crippen LogP contribution is 2.29. The minimum Gasteiger partial charge on any atom is -0.399 e. The molecule has 0 aliphatic rings. The number of hydrogen-bond acceptors (Lipinski definition) is 4. The van der Waals surface area contributed by atoms with Crippen molar-refractivity contribution in [3.63, 3.8) is 0 Å². The number of aromatic nitrogens is 2. The predicted octanol–water partition coefficient (Wildman–Crippen LogP) is 4.90. The van der Waals surface area contributed by atoms with Crippen LogP contribution in [0.1, 0.15) is 29.9 Å². The summed E-state index contributed by atoms with van der Waals surface area (Å²) >= 11 is 3.22. The summed E-state index contributed by atoms with van der Waals surface area (Å²) in [6, 6.07) is 9.06. The molecule has 0 radical (unpaired) electrons. The highest BCUT2D eigenvalue weighted by atomic mass is 79.9. The van der Waals surface area contributed by atoms with Gasteiger partial charge in [-0.15, -0.1) is 0 Å². The molecule has 3 rings (SSSR count). The van der Waals surface area contributed by atoms with Gasteiger partial charge in [0.15, 0.2) is 0 Å². The molecule has 0 aliphatic carbocycles. The number of rotatable bonds is 3. The number of hydrogen-bond donors (Lipinski definition) is 2. The Bertz CT molecular complexity index is 906. The van der Waals surface area contributed by atoms with Gasteiger partial charge in [0.05, 0.1) is 16.0 Å². The molecule has 0 bridgehead atoms. The van der Waals surface area contributed by atoms with Gasteiger partial charge in [-0.05, 0) is 66.0 Å². The van der Waals surface area contributed by atoms with Crippen molar-refractivity contribution in [3.8, 4) is 0 Å². The normalized spacial score (nSPS) is 12.4. The Morgan fingerprint density at radius 3 is 2.58 bits per heavy atom. The van der Waals surface area contributed by atoms with Gasteiger partial charge in [0.25, 0.3) is 0 Å². The molecule has 2 aromatic carbocycles. The highest BCUT2D eigenvalue weighted by Gasteiger charge is 2.13. The number of nitrogens with two attached hydrogens (primary N) is 1. The van der Waals surface area contributed by atoms with Crippen LogP contribution in [-0.2, 0) is 0 Å². The van der Waals surface area contributed by atoms with E-state index < -0.39 is 0 Å². The van der Waals surface area contributed by atoms with E-state index in [0.29, 0.717) is 21.6 Å². The summed E-state index contributed by atoms with van der Waals surface area (Å²) in [5.41, 5.74) is 9.41. The fourth-order valence-electron chi connectivity index (χ4n) is 2.73. The number of fused-ring (bicyclic) bond motifs is 1. The van der Waals surface area contributed by atoms with E-state index in [1.54, 1.807) is 13.0 Å². The topological polar surface area (TPSA) is 63.8 Å². The average molecular weight is 389 g/mol. The maximum Gasteiger partial charge on any atom is 0.139 e. The molecule has 1 heterocycles. The summed E-state index contributed by atoms with van der Waals surface area (Å²) in [5.74, 6) is 0.916. The molecular formula is C18H18BrFN4. The van der Waals surface area contributed by atoms with Crippen LogP contribution in [0.25, 0.3) is 10.9 Å². The Labute approximate surface area is 148 Å². The van der Waals surface area contributed by atoms with E-state index in [9.17, 15) is 4.39 Å². The van der Waals surface area contributed by atoms with Gasteiger partial charge in [-0.1, -0.05) is 6.07 Å². The minimum atomic E-state index is -0.342. The summed E-state index contributed by atoms with van der Waals surface area (Å²) in [6.45, 7) is 5.84. The first-order chi connectivity index (χ1) is 11.3. The summed E-state index contributed by atoms with van der Waals surface area (Å²) in [4.78, 5) is 8.80. The first-order valence-corrected chi connectivity index (χ1v) is 8.40. The maximum atomic E-state index is 13.8. The van der Waals surface area contributed by atoms with E-state index in [2.05, 4.69) is 37.3 Å². The largest absolute Gasteiger partial charge is 0.399 e. The summed E-state index contributed by atoms with van der Waals surface area (Å²) in [7, 11) is 0. The lowest BCUT2D eigenvalue weighted by molar-refractivity contribution is 0.622. The molecule has 0 amide bonds. The number of nitrogen functional groups attached to an aromatic ring is 1. The molecule has 124 valence electrons. The molecule has 0 spiro atoms. The first-order valence-electron chi connectivity index (χ1n) is 7.60. The van der Waals surface area contributed by atoms with Crippen LogP contribution in [0.4, 0.5) is 15.9 Å². The molecule has 3 N–H and O–H groups in total. The number of benzene rings is 2. The Balaban J connectivity index is 2.04. The van der Waals surface area contributed by atoms with Crippen molar-refractivity contribution < 1.29 is 4.39 Å². The van der Waals surface area contributed by atoms with Gasteiger partial charge in [0, 0.05) is 17.1 Å². The SMILES string of the molecule is Cc1cc(N)cc([C@@H](C)Nc2nc(C)nc3cc(F)c(Br)cc23)c1. The Kier molecular flexibility index (Phi) is 4.41. The number of anilines is 2. The second kappa shape index (κ2) is 6.36. The zero-order chi connectivity index (χ0) is 17.4. The third kappa shape index (κ3) is 3.33. The van der Waals surface area contributed by atoms with Crippen LogP contribution in [0.3, 0.4) is 0 Å². The van der Waals surface area contributed by atoms with Gasteiger partial charge in [0.1, 0.15) is 17.5 Å². The molecule has 4 nitrogen and oxygen atoms in total. The quantitative estimate of drug-likeness (QED) is 0.626. The van der Waals surface area contributed by atoms with Crippen molar-refractivity contribution >= 4 is 38.3 Å². The van der Waals surface area contributed by atoms with E-state index in [1.165, 1.54) is 6.07 Å². The van der Waals surface area contributed by atoms with Gasteiger partial charge >= 0.3 is 0 Å². The zero-order valence-corrected chi connectivity index (χ0v) is 15.3. The minimum absolute atomic E-state index is 0.00599. The molecule has 3 aromatic rings. The summed E-state index contributed by atoms with van der Waals surface area (Å²) in [6.07, 6.45) is 0. The van der Waals surface area contributed by atoms with Crippen LogP contribution >= 0.6 is 15.9 Å². The summed E-state index contributed by atoms with van der Waals surface area (Å²) < 4.78 is 14.2. The van der Waals surface area contributed by atoms with Crippen LogP contribution in [0, 0.1) is 19.7 Å². The molecule has 0 saturated heterocycles. The second-order valence-electron chi connectivity index (χ2n) is 5.95. The number of nitrogens with one attached hydrogen (secondary N) is 1. The van der Waals surface area contributed by atoms with E-state index in [4.69, 9.17) is 5.73 Å². The maximum absolute atomic E-state index is 13.8. The first kappa shape index (κ1) is 16.6. The number of aryl methyl sites for hydroxylation is 2. The second-order valence-corrected chi connectivity index (χ2v) is 6.80. The van der Waals surface area contributed by atoms with Crippen LogP contribution < -0.4 is 11.1 Å². The van der Waals surface area contributed by atoms with Crippen molar-refractivity contribution in [2.45, 2.75) is 26.8 Å². The van der Waals surface area contributed by atoms with Crippen molar-refractivity contribution in [3.05, 3.63) is 57.6 Å². The van der Waals surface area contributed by atoms with Gasteiger partial charge in [-0.2, -0.15) is 0 Å². The van der Waals surface area contributed by atoms with Crippen molar-refractivity contribution in [1.29, 1.82) is 0 Å². The Hall–Kier alpha value is -2.21. The Morgan fingerprint density at radius 1 is 1.12 bits per heavy atom. The molecule has 6 heteroatoms. The monoisotopic (exact) mass is 388 g/mol. The lowest BCUT2D eigenvalue weighted by atomic mass is 10.0. The molecule has 1 atom stereocenters. The van der Waals surface area contributed by atoms with Gasteiger partial charge in [-0.25, -0.2) is 14.4 Å². The standard InChI is InChI=1S/C18H18BrFN4/c1-9-4-12(6-13(21)5-9)10(2)22-18-14-7-15(19)16(20)8-17(14)23-11(3)24-18/h4-8,10H,21H2,1-3H3,(H,22,23,24)/t10-/m1/s1. The van der Waals surface area contributed by atoms with Crippen molar-refractivity contribution in [1.82, 2.24) is 9.97 Å². The van der Waals surface area contributed by atoms with Crippen molar-refractivity contribution in [2.24, 2.45) is 0 Å². The molecule has 0 aliphatic heterocycles. The van der Waals surface area contributed by atoms with E-state index >= 15 is 0 Å². The van der Waals surface area contributed by atoms with E-state index in [-0.39, 0.29) is 11.9 Å². The average Bonchev–Trinajstić information content (AvgIpc) is 2.48. The summed E-state index contributed by atoms with van der Waals surface area (Å²) in [5, 5.41) is 4.16. The lowest BCUT2D eigenvalue weighted by Gasteiger charge is -2.18. The molecule has 1 aromatic heterocycles. The van der Waals surface area contributed by atoms with Crippen LogP contribution in [0.15, 0.2) is 34.8 Å². The van der Waals surface area contributed by atoms with Crippen molar-refractivity contribution in [2.75, 3.05) is 11.1 Å². The number of halogens is 2. The highest BCUT2D eigenvalue weighted by molar-refractivity contribution is 9.10. The van der Waals surface area contributed by atoms with Crippen LogP contribution in [-0.4, -0.2) is 9.97 Å². The van der Waals surface area contributed by atoms with Gasteiger partial charge in [0.2, 0.25) is 0 Å². The molecular weight excluding hydrogens is 371 g/mol. The number of nitrogens with zero attached hydrogens (tertiary/aromatic N) is 2. The molecule has 0 saturated carbocycles. The fourth-order valence-corrected chi connectivity index (χ4v) is 3.07. The third-order valence-corrected chi connectivity index (χ3v) is 4.43. The van der Waals surface area contributed by atoms with Gasteiger partial charge in [-0.3, -0.25) is 0 Å². The fraction of sp³-hybridized carbons (Fsp3) is 0.222. The molecule has 0 fully saturated rings. The zero-order valence-electron chi connectivity index (χ0n) is 13.7. The Morgan fingerprint density at radius 2 is 1.88 bits per heavy atom. The van der Waals surface area contributed by atoms with E-state index in [1.807, 2.05) is 26.0 Å². The van der Waals surface area contributed by atoms with Crippen LogP contribution in [0.2, 0.25) is 0 Å². The smallest absolute Gasteiger partial charge is 0.139 e. The van der Waals surface area contributed by atoms with Crippen LogP contribution in [0.5, 0.6) is 0 Å². The lowest BCUT2D eigenvalue weighted by Crippen LogP contribution is -2.10. The predicted molar refractivity (Wildman–Crippen MR) is 99.6 cm³/mol. The molecule has 24 heavy (non-hydrogen) atoms. The van der Waals surface area contributed by atoms with Gasteiger partial charge < -0.3 is 11.1 Å².